The Kier molecular flexibility index (Phi) is 3.53. The zero-order valence-corrected chi connectivity index (χ0v) is 7.80. The molecule has 0 bridgehead atoms. The van der Waals surface area contributed by atoms with Gasteiger partial charge in [0.2, 0.25) is 0 Å². The highest BCUT2D eigenvalue weighted by Crippen LogP contribution is 2.24. The average Bonchev–Trinajstić information content (AvgIpc) is 2.05. The monoisotopic (exact) mass is 241 g/mol. The molecule has 1 aromatic carbocycles. The molecule has 0 saturated carbocycles. The quantitative estimate of drug-likeness (QED) is 0.756. The molecule has 8 heteroatoms. The number of hydrogen-bond acceptors (Lipinski definition) is 4. The van der Waals surface area contributed by atoms with Gasteiger partial charge in [-0.25, -0.2) is 4.21 Å². The van der Waals surface area contributed by atoms with Crippen molar-refractivity contribution < 1.29 is 30.9 Å². The van der Waals surface area contributed by atoms with Crippen LogP contribution in [0.5, 0.6) is 11.5 Å². The van der Waals surface area contributed by atoms with Crippen LogP contribution in [0.1, 0.15) is 0 Å². The number of ether oxygens (including phenoxy) is 1. The first-order valence-corrected chi connectivity index (χ1v) is 4.50. The van der Waals surface area contributed by atoms with Gasteiger partial charge in [0.05, 0.1) is 0 Å². The second kappa shape index (κ2) is 4.49. The predicted molar refractivity (Wildman–Crippen MR) is 42.7 cm³/mol. The van der Waals surface area contributed by atoms with E-state index in [0.717, 1.165) is 24.3 Å². The molecule has 0 fully saturated rings. The van der Waals surface area contributed by atoms with Crippen molar-refractivity contribution in [3.05, 3.63) is 24.3 Å². The Bertz CT molecular complexity index is 348. The maximum Gasteiger partial charge on any atom is 0.573 e. The molecule has 0 radical (unpaired) electrons. The topological polar surface area (TPSA) is 58.6 Å². The van der Waals surface area contributed by atoms with Gasteiger partial charge >= 0.3 is 6.36 Å². The highest BCUT2D eigenvalue weighted by Gasteiger charge is 2.30. The van der Waals surface area contributed by atoms with Gasteiger partial charge in [0.15, 0.2) is 0 Å². The Hall–Kier alpha value is -1.28. The van der Waals surface area contributed by atoms with Gasteiger partial charge in [0.25, 0.3) is 0 Å². The van der Waals surface area contributed by atoms with Crippen LogP contribution < -0.4 is 8.92 Å². The Balaban J connectivity index is 2.68. The third-order valence-corrected chi connectivity index (χ3v) is 1.55. The summed E-state index contributed by atoms with van der Waals surface area (Å²) in [6.45, 7) is 0. The van der Waals surface area contributed by atoms with Crippen molar-refractivity contribution in [1.29, 1.82) is 0 Å². The van der Waals surface area contributed by atoms with Crippen LogP contribution >= 0.6 is 0 Å². The number of hydrogen-bond donors (Lipinski definition) is 0. The van der Waals surface area contributed by atoms with Crippen molar-refractivity contribution in [3.8, 4) is 11.5 Å². The zero-order valence-electron chi connectivity index (χ0n) is 6.98. The molecule has 0 amide bonds. The molecule has 0 N–H and O–H groups in total. The Labute approximate surface area is 85.1 Å². The number of benzene rings is 1. The van der Waals surface area contributed by atoms with Crippen LogP contribution in [0.2, 0.25) is 0 Å². The lowest BCUT2D eigenvalue weighted by Crippen LogP contribution is -2.16. The van der Waals surface area contributed by atoms with Crippen LogP contribution in [0, 0.1) is 0 Å². The number of halogens is 3. The summed E-state index contributed by atoms with van der Waals surface area (Å²) in [6.07, 6.45) is -4.77. The number of alkyl halides is 3. The van der Waals surface area contributed by atoms with Gasteiger partial charge in [-0.05, 0) is 24.3 Å². The maximum absolute atomic E-state index is 11.7. The summed E-state index contributed by atoms with van der Waals surface area (Å²) in [4.78, 5) is 0. The molecule has 0 heterocycles. The molecular weight excluding hydrogens is 237 g/mol. The molecule has 0 aliphatic heterocycles. The normalized spacial score (nSPS) is 13.3. The standard InChI is InChI=1S/C7H5F3O4S/c8-7(9,10)13-5-1-3-6(4-2-5)14-15(11)12/h1-4H,(H,11,12)/p-1. The predicted octanol–water partition coefficient (Wildman–Crippen LogP) is 1.76. The molecule has 0 spiro atoms. The molecule has 4 nitrogen and oxygen atoms in total. The van der Waals surface area contributed by atoms with E-state index in [1.165, 1.54) is 0 Å². The minimum absolute atomic E-state index is 0.0992. The molecule has 1 aromatic rings. The van der Waals surface area contributed by atoms with Crippen molar-refractivity contribution in [2.45, 2.75) is 6.36 Å². The van der Waals surface area contributed by atoms with Crippen LogP contribution in [0.25, 0.3) is 0 Å². The molecule has 1 rings (SSSR count). The fraction of sp³-hybridized carbons (Fsp3) is 0.143. The molecule has 0 aliphatic carbocycles. The lowest BCUT2D eigenvalue weighted by molar-refractivity contribution is -0.274. The first-order valence-electron chi connectivity index (χ1n) is 3.50. The van der Waals surface area contributed by atoms with Crippen molar-refractivity contribution in [1.82, 2.24) is 0 Å². The number of rotatable bonds is 3. The highest BCUT2D eigenvalue weighted by molar-refractivity contribution is 7.74. The van der Waals surface area contributed by atoms with E-state index in [9.17, 15) is 21.9 Å². The van der Waals surface area contributed by atoms with Crippen LogP contribution in [0.4, 0.5) is 13.2 Å². The van der Waals surface area contributed by atoms with E-state index in [2.05, 4.69) is 8.92 Å². The van der Waals surface area contributed by atoms with Crippen LogP contribution in [-0.4, -0.2) is 15.1 Å². The van der Waals surface area contributed by atoms with Gasteiger partial charge in [-0.2, -0.15) is 0 Å². The first kappa shape index (κ1) is 11.8. The highest BCUT2D eigenvalue weighted by atomic mass is 32.2. The van der Waals surface area contributed by atoms with E-state index in [0.29, 0.717) is 0 Å². The van der Waals surface area contributed by atoms with Crippen LogP contribution in [0.3, 0.4) is 0 Å². The van der Waals surface area contributed by atoms with E-state index >= 15 is 0 Å². The fourth-order valence-electron chi connectivity index (χ4n) is 0.775. The van der Waals surface area contributed by atoms with Crippen molar-refractivity contribution in [3.63, 3.8) is 0 Å². The third-order valence-electron chi connectivity index (χ3n) is 1.22. The molecule has 0 aromatic heterocycles. The van der Waals surface area contributed by atoms with Gasteiger partial charge in [-0.1, -0.05) is 0 Å². The molecule has 1 atom stereocenters. The summed E-state index contributed by atoms with van der Waals surface area (Å²) in [5.41, 5.74) is 0. The summed E-state index contributed by atoms with van der Waals surface area (Å²) in [7, 11) is 0. The molecule has 0 saturated heterocycles. The summed E-state index contributed by atoms with van der Waals surface area (Å²) in [6, 6.07) is 3.96. The summed E-state index contributed by atoms with van der Waals surface area (Å²) in [5, 5.41) is 0. The van der Waals surface area contributed by atoms with Crippen LogP contribution in [-0.2, 0) is 11.4 Å². The van der Waals surface area contributed by atoms with Crippen molar-refractivity contribution in [2.24, 2.45) is 0 Å². The summed E-state index contributed by atoms with van der Waals surface area (Å²) >= 11 is -2.76. The molecular formula is C7H4F3O4S-. The van der Waals surface area contributed by atoms with Crippen molar-refractivity contribution >= 4 is 11.4 Å². The molecule has 1 unspecified atom stereocenters. The van der Waals surface area contributed by atoms with Crippen LogP contribution in [0.15, 0.2) is 24.3 Å². The lowest BCUT2D eigenvalue weighted by atomic mass is 10.3. The lowest BCUT2D eigenvalue weighted by Gasteiger charge is -2.10. The minimum Gasteiger partial charge on any atom is -0.740 e. The molecule has 15 heavy (non-hydrogen) atoms. The van der Waals surface area contributed by atoms with E-state index in [1.54, 1.807) is 0 Å². The maximum atomic E-state index is 11.7. The van der Waals surface area contributed by atoms with E-state index in [4.69, 9.17) is 0 Å². The Morgan fingerprint density at radius 3 is 2.00 bits per heavy atom. The Morgan fingerprint density at radius 2 is 1.60 bits per heavy atom. The van der Waals surface area contributed by atoms with Crippen molar-refractivity contribution in [2.75, 3.05) is 0 Å². The largest absolute Gasteiger partial charge is 0.740 e. The first-order chi connectivity index (χ1) is 6.87. The van der Waals surface area contributed by atoms with E-state index in [-0.39, 0.29) is 5.75 Å². The summed E-state index contributed by atoms with van der Waals surface area (Å²) < 4.78 is 62.9. The fourth-order valence-corrected chi connectivity index (χ4v) is 1.04. The SMILES string of the molecule is O=S([O-])Oc1ccc(OC(F)(F)F)cc1. The van der Waals surface area contributed by atoms with Gasteiger partial charge in [0, 0.05) is 0 Å². The van der Waals surface area contributed by atoms with Gasteiger partial charge < -0.3 is 13.5 Å². The molecule has 84 valence electrons. The molecule has 0 aliphatic rings. The Morgan fingerprint density at radius 1 is 1.13 bits per heavy atom. The smallest absolute Gasteiger partial charge is 0.573 e. The minimum atomic E-state index is -4.77. The second-order valence-electron chi connectivity index (χ2n) is 2.31. The summed E-state index contributed by atoms with van der Waals surface area (Å²) in [5.74, 6) is -0.551. The average molecular weight is 241 g/mol. The van der Waals surface area contributed by atoms with Gasteiger partial charge in [-0.3, -0.25) is 0 Å². The van der Waals surface area contributed by atoms with E-state index < -0.39 is 23.5 Å². The van der Waals surface area contributed by atoms with E-state index in [1.807, 2.05) is 0 Å². The van der Waals surface area contributed by atoms with Gasteiger partial charge in [-0.15, -0.1) is 13.2 Å². The van der Waals surface area contributed by atoms with Gasteiger partial charge in [0.1, 0.15) is 22.9 Å². The zero-order chi connectivity index (χ0) is 11.5. The second-order valence-corrected chi connectivity index (χ2v) is 2.88. The third kappa shape index (κ3) is 4.66.